The summed E-state index contributed by atoms with van der Waals surface area (Å²) in [5.41, 5.74) is 13.7. The summed E-state index contributed by atoms with van der Waals surface area (Å²) in [5.74, 6) is 0. The standard InChI is InChI=1S/C47H31NS/c1-4-13-32(14-5-1)40-25-23-36(37-24-26-47-43(29-37)41-21-10-11-22-46(41)49-47)28-42(40)38-20-12-19-35(27-38)39-30-44(33-15-6-2-7-16-33)48-45(31-39)34-17-8-3-9-18-34/h1-31H. The molecule has 0 saturated carbocycles. The normalized spacial score (nSPS) is 11.3. The highest BCUT2D eigenvalue weighted by Crippen LogP contribution is 2.40. The van der Waals surface area contributed by atoms with E-state index in [1.54, 1.807) is 0 Å². The molecular weight excluding hydrogens is 611 g/mol. The van der Waals surface area contributed by atoms with E-state index in [0.717, 1.165) is 33.6 Å². The molecule has 7 aromatic carbocycles. The Bertz CT molecular complexity index is 2530. The summed E-state index contributed by atoms with van der Waals surface area (Å²) in [4.78, 5) is 5.12. The van der Waals surface area contributed by atoms with Crippen LogP contribution in [-0.4, -0.2) is 4.98 Å². The van der Waals surface area contributed by atoms with E-state index in [4.69, 9.17) is 4.98 Å². The number of pyridine rings is 1. The van der Waals surface area contributed by atoms with Gasteiger partial charge >= 0.3 is 0 Å². The van der Waals surface area contributed by atoms with Crippen LogP contribution in [0.5, 0.6) is 0 Å². The molecule has 2 heterocycles. The third-order valence-corrected chi connectivity index (χ3v) is 10.4. The summed E-state index contributed by atoms with van der Waals surface area (Å²) in [5, 5.41) is 2.63. The summed E-state index contributed by atoms with van der Waals surface area (Å²) < 4.78 is 2.65. The van der Waals surface area contributed by atoms with Crippen LogP contribution >= 0.6 is 11.3 Å². The van der Waals surface area contributed by atoms with Crippen LogP contribution in [0, 0.1) is 0 Å². The summed E-state index contributed by atoms with van der Waals surface area (Å²) in [6.45, 7) is 0. The molecule has 2 heteroatoms. The van der Waals surface area contributed by atoms with Gasteiger partial charge in [0.25, 0.3) is 0 Å². The van der Waals surface area contributed by atoms with Crippen LogP contribution < -0.4 is 0 Å². The molecule has 230 valence electrons. The monoisotopic (exact) mass is 641 g/mol. The van der Waals surface area contributed by atoms with Gasteiger partial charge in [-0.25, -0.2) is 4.98 Å². The Hall–Kier alpha value is -6.09. The van der Waals surface area contributed by atoms with Crippen molar-refractivity contribution < 1.29 is 0 Å². The number of benzene rings is 7. The van der Waals surface area contributed by atoms with Gasteiger partial charge in [0.05, 0.1) is 11.4 Å². The van der Waals surface area contributed by atoms with Gasteiger partial charge in [-0.3, -0.25) is 0 Å². The zero-order chi connectivity index (χ0) is 32.6. The molecule has 0 N–H and O–H groups in total. The topological polar surface area (TPSA) is 12.9 Å². The number of fused-ring (bicyclic) bond motifs is 3. The molecule has 0 aliphatic heterocycles. The van der Waals surface area contributed by atoms with Gasteiger partial charge in [-0.2, -0.15) is 0 Å². The lowest BCUT2D eigenvalue weighted by Gasteiger charge is -2.15. The molecule has 0 saturated heterocycles. The quantitative estimate of drug-likeness (QED) is 0.176. The van der Waals surface area contributed by atoms with E-state index in [1.807, 2.05) is 23.5 Å². The van der Waals surface area contributed by atoms with Crippen molar-refractivity contribution in [3.05, 3.63) is 188 Å². The second-order valence-corrected chi connectivity index (χ2v) is 13.5. The van der Waals surface area contributed by atoms with E-state index >= 15 is 0 Å². The zero-order valence-corrected chi connectivity index (χ0v) is 27.6. The van der Waals surface area contributed by atoms with E-state index in [1.165, 1.54) is 53.6 Å². The fourth-order valence-electron chi connectivity index (χ4n) is 6.81. The maximum Gasteiger partial charge on any atom is 0.0715 e. The number of aromatic nitrogens is 1. The lowest BCUT2D eigenvalue weighted by molar-refractivity contribution is 1.32. The molecule has 0 bridgehead atoms. The molecule has 9 aromatic rings. The minimum atomic E-state index is 0.964. The van der Waals surface area contributed by atoms with Gasteiger partial charge in [-0.1, -0.05) is 146 Å². The number of hydrogen-bond acceptors (Lipinski definition) is 2. The van der Waals surface area contributed by atoms with Crippen molar-refractivity contribution in [3.63, 3.8) is 0 Å². The molecule has 0 radical (unpaired) electrons. The van der Waals surface area contributed by atoms with E-state index in [0.29, 0.717) is 0 Å². The van der Waals surface area contributed by atoms with E-state index in [-0.39, 0.29) is 0 Å². The van der Waals surface area contributed by atoms with E-state index < -0.39 is 0 Å². The molecule has 2 aromatic heterocycles. The maximum atomic E-state index is 5.12. The first kappa shape index (κ1) is 29.1. The number of nitrogens with zero attached hydrogens (tertiary/aromatic N) is 1. The Morgan fingerprint density at radius 3 is 1.53 bits per heavy atom. The molecule has 0 amide bonds. The Morgan fingerprint density at radius 2 is 0.816 bits per heavy atom. The number of hydrogen-bond donors (Lipinski definition) is 0. The Kier molecular flexibility index (Phi) is 7.42. The van der Waals surface area contributed by atoms with Crippen molar-refractivity contribution in [2.24, 2.45) is 0 Å². The Balaban J connectivity index is 1.20. The van der Waals surface area contributed by atoms with Crippen molar-refractivity contribution in [1.82, 2.24) is 4.98 Å². The van der Waals surface area contributed by atoms with Crippen LogP contribution in [-0.2, 0) is 0 Å². The first-order valence-electron chi connectivity index (χ1n) is 16.6. The Labute approximate surface area is 290 Å². The molecule has 0 aliphatic rings. The fourth-order valence-corrected chi connectivity index (χ4v) is 7.90. The highest BCUT2D eigenvalue weighted by molar-refractivity contribution is 7.25. The van der Waals surface area contributed by atoms with Crippen molar-refractivity contribution in [2.45, 2.75) is 0 Å². The predicted octanol–water partition coefficient (Wildman–Crippen LogP) is 13.5. The number of thiophene rings is 1. The molecule has 0 aliphatic carbocycles. The molecule has 0 unspecified atom stereocenters. The van der Waals surface area contributed by atoms with Gasteiger partial charge in [-0.15, -0.1) is 11.3 Å². The smallest absolute Gasteiger partial charge is 0.0715 e. The predicted molar refractivity (Wildman–Crippen MR) is 210 cm³/mol. The van der Waals surface area contributed by atoms with Crippen LogP contribution in [0.4, 0.5) is 0 Å². The summed E-state index contributed by atoms with van der Waals surface area (Å²) >= 11 is 1.86. The van der Waals surface area contributed by atoms with Crippen molar-refractivity contribution >= 4 is 31.5 Å². The Morgan fingerprint density at radius 1 is 0.286 bits per heavy atom. The molecule has 0 fully saturated rings. The minimum Gasteiger partial charge on any atom is -0.248 e. The largest absolute Gasteiger partial charge is 0.248 e. The second kappa shape index (κ2) is 12.5. The summed E-state index contributed by atoms with van der Waals surface area (Å²) in [6.07, 6.45) is 0. The van der Waals surface area contributed by atoms with Gasteiger partial charge in [0.1, 0.15) is 0 Å². The van der Waals surface area contributed by atoms with Crippen molar-refractivity contribution in [2.75, 3.05) is 0 Å². The van der Waals surface area contributed by atoms with E-state index in [9.17, 15) is 0 Å². The van der Waals surface area contributed by atoms with Crippen LogP contribution in [0.2, 0.25) is 0 Å². The van der Waals surface area contributed by atoms with Gasteiger partial charge in [-0.05, 0) is 87.0 Å². The third kappa shape index (κ3) is 5.63. The first-order valence-corrected chi connectivity index (χ1v) is 17.4. The minimum absolute atomic E-state index is 0.964. The van der Waals surface area contributed by atoms with Crippen LogP contribution in [0.15, 0.2) is 188 Å². The van der Waals surface area contributed by atoms with Crippen molar-refractivity contribution in [3.8, 4) is 67.0 Å². The molecule has 9 rings (SSSR count). The van der Waals surface area contributed by atoms with Crippen molar-refractivity contribution in [1.29, 1.82) is 0 Å². The average Bonchev–Trinajstić information content (AvgIpc) is 3.57. The molecule has 0 spiro atoms. The molecule has 1 nitrogen and oxygen atoms in total. The first-order chi connectivity index (χ1) is 24.3. The maximum absolute atomic E-state index is 5.12. The third-order valence-electron chi connectivity index (χ3n) is 9.29. The van der Waals surface area contributed by atoms with Gasteiger partial charge in [0.15, 0.2) is 0 Å². The SMILES string of the molecule is c1ccc(-c2cc(-c3cccc(-c4cc(-c5ccc6sc7ccccc7c6c5)ccc4-c4ccccc4)c3)cc(-c3ccccc3)n2)cc1. The van der Waals surface area contributed by atoms with Gasteiger partial charge in [0, 0.05) is 31.3 Å². The fraction of sp³-hybridized carbons (Fsp3) is 0. The summed E-state index contributed by atoms with van der Waals surface area (Å²) in [6, 6.07) is 67.6. The van der Waals surface area contributed by atoms with Crippen LogP contribution in [0.1, 0.15) is 0 Å². The lowest BCUT2D eigenvalue weighted by Crippen LogP contribution is -1.92. The molecule has 49 heavy (non-hydrogen) atoms. The highest BCUT2D eigenvalue weighted by atomic mass is 32.1. The number of rotatable bonds is 6. The molecule has 0 atom stereocenters. The lowest BCUT2D eigenvalue weighted by atomic mass is 9.89. The van der Waals surface area contributed by atoms with Crippen LogP contribution in [0.25, 0.3) is 87.2 Å². The second-order valence-electron chi connectivity index (χ2n) is 12.4. The summed E-state index contributed by atoms with van der Waals surface area (Å²) in [7, 11) is 0. The van der Waals surface area contributed by atoms with Crippen LogP contribution in [0.3, 0.4) is 0 Å². The highest BCUT2D eigenvalue weighted by Gasteiger charge is 2.14. The van der Waals surface area contributed by atoms with E-state index in [2.05, 4.69) is 176 Å². The average molecular weight is 642 g/mol. The zero-order valence-electron chi connectivity index (χ0n) is 26.8. The van der Waals surface area contributed by atoms with Gasteiger partial charge in [0.2, 0.25) is 0 Å². The molecular formula is C47H31NS. The van der Waals surface area contributed by atoms with Gasteiger partial charge < -0.3 is 0 Å².